The van der Waals surface area contributed by atoms with Gasteiger partial charge in [0.1, 0.15) is 0 Å². The average Bonchev–Trinajstić information content (AvgIpc) is 3.29. The second kappa shape index (κ2) is 7.78. The van der Waals surface area contributed by atoms with Crippen LogP contribution >= 0.6 is 0 Å². The van der Waals surface area contributed by atoms with Crippen molar-refractivity contribution in [3.05, 3.63) is 69.3 Å². The number of rotatable bonds is 2. The van der Waals surface area contributed by atoms with Gasteiger partial charge in [-0.2, -0.15) is 0 Å². The lowest BCUT2D eigenvalue weighted by atomic mass is 9.42. The topological polar surface area (TPSA) is 69.7 Å². The van der Waals surface area contributed by atoms with Crippen LogP contribution in [0.15, 0.2) is 52.6 Å². The number of allylic oxidation sites excluding steroid dienone is 4. The van der Waals surface area contributed by atoms with Gasteiger partial charge in [0, 0.05) is 16.6 Å². The SMILES string of the molecule is CC(=O)C1=C(C)CC2(C)CC3(C)Cc4c(-c5ccc6c(c5)OCO6)ccc(C)c4C(=O)C3=C(C)C2(C)C1=O. The number of ether oxygens (including phenoxy) is 2. The van der Waals surface area contributed by atoms with E-state index in [-0.39, 0.29) is 24.1 Å². The van der Waals surface area contributed by atoms with Crippen molar-refractivity contribution in [2.45, 2.75) is 67.7 Å². The third kappa shape index (κ3) is 3.02. The molecule has 2 aromatic carbocycles. The maximum atomic E-state index is 14.5. The van der Waals surface area contributed by atoms with Crippen LogP contribution in [0.25, 0.3) is 11.1 Å². The highest BCUT2D eigenvalue weighted by atomic mass is 16.7. The molecular formula is C33H34O5. The van der Waals surface area contributed by atoms with Gasteiger partial charge >= 0.3 is 0 Å². The standard InChI is InChI=1S/C33H34O5/c1-17-8-10-22(21-9-11-24-25(12-21)38-16-37-24)23-14-31(5)15-32(6)13-18(2)26(20(4)34)30(36)33(32,7)19(3)28(31)29(35)27(17)23/h8-12H,13-16H2,1-7H3. The Hall–Kier alpha value is -3.47. The van der Waals surface area contributed by atoms with Crippen molar-refractivity contribution >= 4 is 17.3 Å². The summed E-state index contributed by atoms with van der Waals surface area (Å²) >= 11 is 0. The number of Topliss-reactive ketones (excluding diaryl/α,β-unsaturated/α-hetero) is 3. The molecule has 0 bridgehead atoms. The molecule has 2 aromatic rings. The summed E-state index contributed by atoms with van der Waals surface area (Å²) in [6.07, 6.45) is 2.06. The van der Waals surface area contributed by atoms with Crippen molar-refractivity contribution in [1.82, 2.24) is 0 Å². The van der Waals surface area contributed by atoms with E-state index in [0.717, 1.165) is 50.3 Å². The molecule has 196 valence electrons. The van der Waals surface area contributed by atoms with E-state index < -0.39 is 16.2 Å². The van der Waals surface area contributed by atoms with Crippen LogP contribution < -0.4 is 9.47 Å². The van der Waals surface area contributed by atoms with Crippen molar-refractivity contribution in [2.24, 2.45) is 16.2 Å². The van der Waals surface area contributed by atoms with Crippen LogP contribution in [0.2, 0.25) is 0 Å². The number of ketones is 3. The Bertz CT molecular complexity index is 1560. The first kappa shape index (κ1) is 24.8. The summed E-state index contributed by atoms with van der Waals surface area (Å²) in [5.74, 6) is 1.14. The average molecular weight is 511 g/mol. The van der Waals surface area contributed by atoms with Crippen LogP contribution in [-0.2, 0) is 16.0 Å². The summed E-state index contributed by atoms with van der Waals surface area (Å²) in [5.41, 5.74) is 5.77. The van der Waals surface area contributed by atoms with E-state index in [1.807, 2.05) is 52.0 Å². The molecule has 0 amide bonds. The van der Waals surface area contributed by atoms with Crippen molar-refractivity contribution in [1.29, 1.82) is 0 Å². The Morgan fingerprint density at radius 3 is 2.34 bits per heavy atom. The van der Waals surface area contributed by atoms with Crippen molar-refractivity contribution < 1.29 is 23.9 Å². The highest BCUT2D eigenvalue weighted by Crippen LogP contribution is 2.66. The summed E-state index contributed by atoms with van der Waals surface area (Å²) in [4.78, 5) is 41.0. The van der Waals surface area contributed by atoms with Crippen LogP contribution in [0, 0.1) is 23.2 Å². The molecule has 0 aromatic heterocycles. The van der Waals surface area contributed by atoms with E-state index in [4.69, 9.17) is 9.47 Å². The van der Waals surface area contributed by atoms with E-state index >= 15 is 0 Å². The third-order valence-electron chi connectivity index (χ3n) is 10.1. The predicted octanol–water partition coefficient (Wildman–Crippen LogP) is 6.75. The summed E-state index contributed by atoms with van der Waals surface area (Å²) < 4.78 is 11.2. The summed E-state index contributed by atoms with van der Waals surface area (Å²) in [6.45, 7) is 13.9. The van der Waals surface area contributed by atoms with Gasteiger partial charge in [-0.15, -0.1) is 0 Å². The fourth-order valence-electron chi connectivity index (χ4n) is 8.25. The van der Waals surface area contributed by atoms with E-state index in [1.54, 1.807) is 0 Å². The lowest BCUT2D eigenvalue weighted by Gasteiger charge is -2.59. The molecule has 5 heteroatoms. The normalized spacial score (nSPS) is 29.8. The molecule has 0 N–H and O–H groups in total. The van der Waals surface area contributed by atoms with Gasteiger partial charge in [0.05, 0.1) is 11.0 Å². The Morgan fingerprint density at radius 1 is 0.921 bits per heavy atom. The van der Waals surface area contributed by atoms with E-state index in [2.05, 4.69) is 19.9 Å². The minimum Gasteiger partial charge on any atom is -0.454 e. The minimum atomic E-state index is -0.904. The molecule has 4 aliphatic rings. The first-order valence-corrected chi connectivity index (χ1v) is 13.4. The lowest BCUT2D eigenvalue weighted by Crippen LogP contribution is -2.57. The first-order chi connectivity index (χ1) is 17.8. The number of fused-ring (bicyclic) bond motifs is 4. The zero-order valence-electron chi connectivity index (χ0n) is 23.3. The first-order valence-electron chi connectivity index (χ1n) is 13.4. The van der Waals surface area contributed by atoms with E-state index in [1.165, 1.54) is 6.92 Å². The summed E-state index contributed by atoms with van der Waals surface area (Å²) in [6, 6.07) is 10.1. The molecule has 5 nitrogen and oxygen atoms in total. The molecule has 0 radical (unpaired) electrons. The molecular weight excluding hydrogens is 476 g/mol. The smallest absolute Gasteiger partial charge is 0.231 e. The second-order valence-electron chi connectivity index (χ2n) is 12.5. The quantitative estimate of drug-likeness (QED) is 0.418. The van der Waals surface area contributed by atoms with Gasteiger partial charge in [-0.3, -0.25) is 14.4 Å². The Morgan fingerprint density at radius 2 is 1.63 bits per heavy atom. The van der Waals surface area contributed by atoms with Gasteiger partial charge in [0.2, 0.25) is 6.79 Å². The third-order valence-corrected chi connectivity index (χ3v) is 10.1. The Balaban J connectivity index is 1.57. The molecule has 0 saturated carbocycles. The number of aryl methyl sites for hydroxylation is 1. The van der Waals surface area contributed by atoms with Crippen LogP contribution in [0.3, 0.4) is 0 Å². The molecule has 3 atom stereocenters. The monoisotopic (exact) mass is 510 g/mol. The largest absolute Gasteiger partial charge is 0.454 e. The zero-order chi connectivity index (χ0) is 27.4. The minimum absolute atomic E-state index is 0.0121. The van der Waals surface area contributed by atoms with Gasteiger partial charge in [-0.05, 0) is 93.7 Å². The number of carbonyl (C=O) groups is 3. The van der Waals surface area contributed by atoms with Crippen LogP contribution in [0.4, 0.5) is 0 Å². The molecule has 0 spiro atoms. The maximum absolute atomic E-state index is 14.5. The van der Waals surface area contributed by atoms with Gasteiger partial charge in [0.15, 0.2) is 28.8 Å². The Labute approximate surface area is 223 Å². The van der Waals surface area contributed by atoms with Crippen molar-refractivity contribution in [3.8, 4) is 22.6 Å². The van der Waals surface area contributed by atoms with Crippen LogP contribution in [-0.4, -0.2) is 24.1 Å². The van der Waals surface area contributed by atoms with Gasteiger partial charge in [0.25, 0.3) is 0 Å². The fourth-order valence-corrected chi connectivity index (χ4v) is 8.25. The highest BCUT2D eigenvalue weighted by Gasteiger charge is 2.63. The van der Waals surface area contributed by atoms with Crippen LogP contribution in [0.5, 0.6) is 11.5 Å². The maximum Gasteiger partial charge on any atom is 0.231 e. The van der Waals surface area contributed by atoms with E-state index in [9.17, 15) is 14.4 Å². The molecule has 38 heavy (non-hydrogen) atoms. The predicted molar refractivity (Wildman–Crippen MR) is 145 cm³/mol. The molecule has 3 unspecified atom stereocenters. The van der Waals surface area contributed by atoms with Crippen LogP contribution in [0.1, 0.15) is 75.9 Å². The number of benzene rings is 2. The Kier molecular flexibility index (Phi) is 5.09. The fraction of sp³-hybridized carbons (Fsp3) is 0.424. The zero-order valence-corrected chi connectivity index (χ0v) is 23.3. The van der Waals surface area contributed by atoms with Gasteiger partial charge in [-0.25, -0.2) is 0 Å². The lowest BCUT2D eigenvalue weighted by molar-refractivity contribution is -0.134. The van der Waals surface area contributed by atoms with Gasteiger partial charge in [-0.1, -0.05) is 43.2 Å². The van der Waals surface area contributed by atoms with E-state index in [0.29, 0.717) is 30.6 Å². The van der Waals surface area contributed by atoms with Crippen molar-refractivity contribution in [3.63, 3.8) is 0 Å². The van der Waals surface area contributed by atoms with Crippen molar-refractivity contribution in [2.75, 3.05) is 6.79 Å². The second-order valence-corrected chi connectivity index (χ2v) is 12.5. The van der Waals surface area contributed by atoms with Gasteiger partial charge < -0.3 is 9.47 Å². The molecule has 0 fully saturated rings. The summed E-state index contributed by atoms with van der Waals surface area (Å²) in [5, 5.41) is 0. The molecule has 1 aliphatic heterocycles. The number of hydrogen-bond donors (Lipinski definition) is 0. The number of hydrogen-bond acceptors (Lipinski definition) is 5. The molecule has 3 aliphatic carbocycles. The molecule has 0 saturated heterocycles. The molecule has 6 rings (SSSR count). The molecule has 1 heterocycles. The highest BCUT2D eigenvalue weighted by molar-refractivity contribution is 6.24. The number of carbonyl (C=O) groups excluding carboxylic acids is 3. The summed E-state index contributed by atoms with van der Waals surface area (Å²) in [7, 11) is 0.